The van der Waals surface area contributed by atoms with E-state index < -0.39 is 12.1 Å². The number of ether oxygens (including phenoxy) is 1. The fourth-order valence-corrected chi connectivity index (χ4v) is 9.92. The number of rotatable bonds is 60. The van der Waals surface area contributed by atoms with Crippen molar-refractivity contribution in [3.63, 3.8) is 0 Å². The molecule has 0 aromatic heterocycles. The Labute approximate surface area is 449 Å². The van der Waals surface area contributed by atoms with Gasteiger partial charge in [-0.2, -0.15) is 0 Å². The van der Waals surface area contributed by atoms with Crippen molar-refractivity contribution < 1.29 is 24.5 Å². The molecule has 0 spiro atoms. The molecule has 0 fully saturated rings. The van der Waals surface area contributed by atoms with Gasteiger partial charge in [0.15, 0.2) is 0 Å². The van der Waals surface area contributed by atoms with Crippen molar-refractivity contribution in [2.24, 2.45) is 0 Å². The van der Waals surface area contributed by atoms with Gasteiger partial charge in [-0.05, 0) is 83.5 Å². The highest BCUT2D eigenvalue weighted by Gasteiger charge is 2.18. The molecule has 0 bridgehead atoms. The summed E-state index contributed by atoms with van der Waals surface area (Å²) in [5.41, 5.74) is 0. The topological polar surface area (TPSA) is 95.9 Å². The first-order chi connectivity index (χ1) is 35.5. The van der Waals surface area contributed by atoms with Crippen LogP contribution in [0.1, 0.15) is 348 Å². The average molecular weight is 1010 g/mol. The maximum atomic E-state index is 12.5. The molecule has 424 valence electrons. The number of amides is 1. The standard InChI is InChI=1S/C66H125NO5/c1-3-5-7-9-11-13-15-17-18-19-28-31-35-38-42-46-50-54-58-64(69)63(62-68)67-65(70)59-55-51-47-43-39-36-32-29-26-24-22-20-21-23-25-27-30-33-37-41-45-49-53-57-61-72-66(71)60-56-52-48-44-40-34-16-14-12-10-8-6-4-2/h14,16,22,24,54,58,63-64,68-69H,3-13,15,17-21,23,25-53,55-57,59-62H2,1-2H3,(H,67,70)/b16-14-,24-22-,58-54+. The predicted octanol–water partition coefficient (Wildman–Crippen LogP) is 20.4. The molecule has 6 nitrogen and oxygen atoms in total. The highest BCUT2D eigenvalue weighted by molar-refractivity contribution is 5.76. The molecule has 2 atom stereocenters. The summed E-state index contributed by atoms with van der Waals surface area (Å²) in [5, 5.41) is 23.2. The maximum Gasteiger partial charge on any atom is 0.305 e. The lowest BCUT2D eigenvalue weighted by Crippen LogP contribution is -2.45. The van der Waals surface area contributed by atoms with Crippen molar-refractivity contribution in [1.82, 2.24) is 5.32 Å². The van der Waals surface area contributed by atoms with Crippen LogP contribution in [0.25, 0.3) is 0 Å². The van der Waals surface area contributed by atoms with Crippen molar-refractivity contribution in [2.75, 3.05) is 13.2 Å². The number of allylic oxidation sites excluding steroid dienone is 5. The van der Waals surface area contributed by atoms with E-state index in [1.165, 1.54) is 276 Å². The van der Waals surface area contributed by atoms with Crippen LogP contribution < -0.4 is 5.32 Å². The Morgan fingerprint density at radius 3 is 1.00 bits per heavy atom. The molecule has 72 heavy (non-hydrogen) atoms. The second-order valence-corrected chi connectivity index (χ2v) is 22.1. The Bertz CT molecular complexity index is 1170. The summed E-state index contributed by atoms with van der Waals surface area (Å²) in [6.07, 6.45) is 77.6. The Hall–Kier alpha value is -1.92. The zero-order valence-corrected chi connectivity index (χ0v) is 48.4. The average Bonchev–Trinajstić information content (AvgIpc) is 3.38. The Morgan fingerprint density at radius 2 is 0.653 bits per heavy atom. The number of unbranched alkanes of at least 4 members (excludes halogenated alkanes) is 45. The first-order valence-corrected chi connectivity index (χ1v) is 32.3. The van der Waals surface area contributed by atoms with Crippen LogP contribution in [0.5, 0.6) is 0 Å². The van der Waals surface area contributed by atoms with Crippen LogP contribution >= 0.6 is 0 Å². The van der Waals surface area contributed by atoms with Crippen LogP contribution in [-0.4, -0.2) is 47.4 Å². The van der Waals surface area contributed by atoms with Crippen LogP contribution in [0, 0.1) is 0 Å². The third-order valence-corrected chi connectivity index (χ3v) is 14.9. The van der Waals surface area contributed by atoms with Crippen LogP contribution in [-0.2, 0) is 14.3 Å². The van der Waals surface area contributed by atoms with Gasteiger partial charge in [-0.15, -0.1) is 0 Å². The summed E-state index contributed by atoms with van der Waals surface area (Å²) in [6.45, 7) is 4.90. The van der Waals surface area contributed by atoms with Gasteiger partial charge in [0.25, 0.3) is 0 Å². The van der Waals surface area contributed by atoms with Crippen molar-refractivity contribution in [3.8, 4) is 0 Å². The lowest BCUT2D eigenvalue weighted by Gasteiger charge is -2.20. The maximum absolute atomic E-state index is 12.5. The van der Waals surface area contributed by atoms with Crippen molar-refractivity contribution >= 4 is 11.9 Å². The van der Waals surface area contributed by atoms with Crippen molar-refractivity contribution in [2.45, 2.75) is 360 Å². The first-order valence-electron chi connectivity index (χ1n) is 32.3. The molecular formula is C66H125NO5. The molecule has 1 amide bonds. The zero-order valence-electron chi connectivity index (χ0n) is 48.4. The number of nitrogens with one attached hydrogen (secondary N) is 1. The van der Waals surface area contributed by atoms with Gasteiger partial charge >= 0.3 is 5.97 Å². The lowest BCUT2D eigenvalue weighted by molar-refractivity contribution is -0.143. The fraction of sp³-hybridized carbons (Fsp3) is 0.879. The highest BCUT2D eigenvalue weighted by atomic mass is 16.5. The zero-order chi connectivity index (χ0) is 52.2. The summed E-state index contributed by atoms with van der Waals surface area (Å²) in [6, 6.07) is -0.632. The molecule has 0 aromatic carbocycles. The van der Waals surface area contributed by atoms with Gasteiger partial charge in [0.05, 0.1) is 25.4 Å². The summed E-state index contributed by atoms with van der Waals surface area (Å²) < 4.78 is 5.47. The van der Waals surface area contributed by atoms with Crippen LogP contribution in [0.15, 0.2) is 36.5 Å². The van der Waals surface area contributed by atoms with Crippen molar-refractivity contribution in [3.05, 3.63) is 36.5 Å². The number of hydrogen-bond acceptors (Lipinski definition) is 5. The number of aliphatic hydroxyl groups is 2. The normalized spacial score (nSPS) is 12.8. The van der Waals surface area contributed by atoms with E-state index in [-0.39, 0.29) is 18.5 Å². The lowest BCUT2D eigenvalue weighted by atomic mass is 10.0. The van der Waals surface area contributed by atoms with Gasteiger partial charge in [-0.3, -0.25) is 9.59 Å². The van der Waals surface area contributed by atoms with E-state index in [0.717, 1.165) is 44.9 Å². The number of hydrogen-bond donors (Lipinski definition) is 3. The summed E-state index contributed by atoms with van der Waals surface area (Å²) in [5.74, 6) is -0.0675. The van der Waals surface area contributed by atoms with E-state index in [9.17, 15) is 19.8 Å². The van der Waals surface area contributed by atoms with E-state index in [4.69, 9.17) is 4.74 Å². The second-order valence-electron chi connectivity index (χ2n) is 22.1. The number of carbonyl (C=O) groups excluding carboxylic acids is 2. The quantitative estimate of drug-likeness (QED) is 0.0320. The SMILES string of the molecule is CCCCCC/C=C\CCCCCCCC(=O)OCCCCCCCCCCCCCC/C=C\CCCCCCCCCCC(=O)NC(CO)C(O)/C=C/CCCCCCCCCCCCCCCCCC. The molecule has 0 aliphatic rings. The van der Waals surface area contributed by atoms with Crippen molar-refractivity contribution in [1.29, 1.82) is 0 Å². The molecular weight excluding hydrogens is 887 g/mol. The molecule has 0 aliphatic heterocycles. The smallest absolute Gasteiger partial charge is 0.305 e. The van der Waals surface area contributed by atoms with E-state index >= 15 is 0 Å². The van der Waals surface area contributed by atoms with Crippen LogP contribution in [0.2, 0.25) is 0 Å². The molecule has 0 saturated carbocycles. The third-order valence-electron chi connectivity index (χ3n) is 14.9. The van der Waals surface area contributed by atoms with Gasteiger partial charge in [-0.1, -0.05) is 288 Å². The van der Waals surface area contributed by atoms with Gasteiger partial charge in [0.2, 0.25) is 5.91 Å². The first kappa shape index (κ1) is 70.1. The fourth-order valence-electron chi connectivity index (χ4n) is 9.92. The molecule has 0 radical (unpaired) electrons. The van der Waals surface area contributed by atoms with Gasteiger partial charge < -0.3 is 20.3 Å². The number of aliphatic hydroxyl groups excluding tert-OH is 2. The molecule has 2 unspecified atom stereocenters. The molecule has 6 heteroatoms. The van der Waals surface area contributed by atoms with E-state index in [1.54, 1.807) is 6.08 Å². The Morgan fingerprint density at radius 1 is 0.375 bits per heavy atom. The van der Waals surface area contributed by atoms with Crippen LogP contribution in [0.4, 0.5) is 0 Å². The summed E-state index contributed by atoms with van der Waals surface area (Å²) >= 11 is 0. The van der Waals surface area contributed by atoms with Crippen LogP contribution in [0.3, 0.4) is 0 Å². The van der Waals surface area contributed by atoms with E-state index in [2.05, 4.69) is 43.5 Å². The van der Waals surface area contributed by atoms with E-state index in [1.807, 2.05) is 6.08 Å². The minimum absolute atomic E-state index is 0.00287. The molecule has 0 aliphatic carbocycles. The largest absolute Gasteiger partial charge is 0.466 e. The molecule has 0 aromatic rings. The molecule has 0 heterocycles. The minimum Gasteiger partial charge on any atom is -0.466 e. The monoisotopic (exact) mass is 1010 g/mol. The number of carbonyl (C=O) groups is 2. The number of esters is 1. The highest BCUT2D eigenvalue weighted by Crippen LogP contribution is 2.17. The Balaban J connectivity index is 3.44. The molecule has 0 saturated heterocycles. The second kappa shape index (κ2) is 61.6. The predicted molar refractivity (Wildman–Crippen MR) is 315 cm³/mol. The molecule has 3 N–H and O–H groups in total. The van der Waals surface area contributed by atoms with E-state index in [0.29, 0.717) is 19.4 Å². The Kier molecular flexibility index (Phi) is 60.0. The van der Waals surface area contributed by atoms with Gasteiger partial charge in [0.1, 0.15) is 0 Å². The summed E-state index contributed by atoms with van der Waals surface area (Å²) in [4.78, 5) is 24.5. The molecule has 0 rings (SSSR count). The van der Waals surface area contributed by atoms with Gasteiger partial charge in [-0.25, -0.2) is 0 Å². The van der Waals surface area contributed by atoms with Gasteiger partial charge in [0, 0.05) is 12.8 Å². The minimum atomic E-state index is -0.848. The third kappa shape index (κ3) is 57.4. The summed E-state index contributed by atoms with van der Waals surface area (Å²) in [7, 11) is 0.